The first-order chi connectivity index (χ1) is 18.2. The second kappa shape index (κ2) is 14.0. The molecular formula is C26H27Cl2N5O4S. The minimum absolute atomic E-state index is 0.0298. The first kappa shape index (κ1) is 29.2. The summed E-state index contributed by atoms with van der Waals surface area (Å²) in [5, 5.41) is 15.2. The molecule has 0 bridgehead atoms. The Balaban J connectivity index is 1.56. The Morgan fingerprint density at radius 2 is 1.87 bits per heavy atom. The van der Waals surface area contributed by atoms with Crippen molar-refractivity contribution in [3.63, 3.8) is 0 Å². The Hall–Kier alpha value is -3.34. The molecule has 0 aliphatic rings. The number of aromatic nitrogens is 3. The quantitative estimate of drug-likeness (QED) is 0.183. The van der Waals surface area contributed by atoms with Crippen molar-refractivity contribution >= 4 is 64.5 Å². The highest BCUT2D eigenvalue weighted by Crippen LogP contribution is 2.25. The average molecular weight is 577 g/mol. The van der Waals surface area contributed by atoms with Crippen molar-refractivity contribution < 1.29 is 19.1 Å². The van der Waals surface area contributed by atoms with Crippen LogP contribution in [-0.2, 0) is 27.4 Å². The number of halogens is 2. The van der Waals surface area contributed by atoms with Crippen LogP contribution in [0.5, 0.6) is 0 Å². The highest BCUT2D eigenvalue weighted by Gasteiger charge is 2.16. The fourth-order valence-corrected chi connectivity index (χ4v) is 4.41. The number of carbonyl (C=O) groups excluding carboxylic acids is 3. The van der Waals surface area contributed by atoms with E-state index in [9.17, 15) is 14.4 Å². The number of carbonyl (C=O) groups is 3. The van der Waals surface area contributed by atoms with E-state index in [0.29, 0.717) is 33.3 Å². The van der Waals surface area contributed by atoms with Crippen molar-refractivity contribution in [2.75, 3.05) is 11.1 Å². The van der Waals surface area contributed by atoms with Crippen LogP contribution in [0.2, 0.25) is 10.0 Å². The van der Waals surface area contributed by atoms with E-state index in [0.717, 1.165) is 5.56 Å². The molecule has 0 fully saturated rings. The molecule has 9 nitrogen and oxygen atoms in total. The lowest BCUT2D eigenvalue weighted by atomic mass is 10.2. The topological polar surface area (TPSA) is 115 Å². The van der Waals surface area contributed by atoms with Gasteiger partial charge in [-0.25, -0.2) is 4.79 Å². The van der Waals surface area contributed by atoms with Gasteiger partial charge in [0.2, 0.25) is 11.8 Å². The molecule has 0 spiro atoms. The van der Waals surface area contributed by atoms with Gasteiger partial charge >= 0.3 is 5.97 Å². The molecule has 2 amide bonds. The molecule has 0 aliphatic carbocycles. The molecule has 0 aliphatic heterocycles. The van der Waals surface area contributed by atoms with Crippen LogP contribution < -0.4 is 10.6 Å². The summed E-state index contributed by atoms with van der Waals surface area (Å²) >= 11 is 13.5. The molecule has 0 saturated carbocycles. The zero-order valence-corrected chi connectivity index (χ0v) is 23.4. The van der Waals surface area contributed by atoms with Gasteiger partial charge in [-0.1, -0.05) is 53.2 Å². The van der Waals surface area contributed by atoms with Gasteiger partial charge in [0.1, 0.15) is 0 Å². The van der Waals surface area contributed by atoms with E-state index in [1.54, 1.807) is 26.0 Å². The van der Waals surface area contributed by atoms with Gasteiger partial charge in [-0.15, -0.1) is 10.2 Å². The molecule has 1 aromatic heterocycles. The van der Waals surface area contributed by atoms with Gasteiger partial charge in [-0.05, 0) is 56.7 Å². The van der Waals surface area contributed by atoms with Crippen molar-refractivity contribution in [1.29, 1.82) is 0 Å². The number of nitrogens with one attached hydrogen (secondary N) is 2. The zero-order valence-electron chi connectivity index (χ0n) is 21.0. The number of benzene rings is 2. The fraction of sp³-hybridized carbons (Fsp3) is 0.269. The third-order valence-electron chi connectivity index (χ3n) is 5.00. The third-order valence-corrected chi connectivity index (χ3v) is 6.64. The predicted octanol–water partition coefficient (Wildman–Crippen LogP) is 5.23. The largest absolute Gasteiger partial charge is 0.459 e. The van der Waals surface area contributed by atoms with Crippen molar-refractivity contribution in [3.05, 3.63) is 75.5 Å². The number of nitrogens with zero attached hydrogens (tertiary/aromatic N) is 3. The van der Waals surface area contributed by atoms with E-state index >= 15 is 0 Å². The first-order valence-electron chi connectivity index (χ1n) is 11.7. The van der Waals surface area contributed by atoms with Gasteiger partial charge in [0, 0.05) is 17.6 Å². The highest BCUT2D eigenvalue weighted by molar-refractivity contribution is 7.99. The Morgan fingerprint density at radius 3 is 2.58 bits per heavy atom. The van der Waals surface area contributed by atoms with E-state index < -0.39 is 5.97 Å². The summed E-state index contributed by atoms with van der Waals surface area (Å²) in [5.41, 5.74) is 1.33. The summed E-state index contributed by atoms with van der Waals surface area (Å²) in [6.45, 7) is 6.12. The van der Waals surface area contributed by atoms with Crippen LogP contribution in [-0.4, -0.2) is 44.4 Å². The maximum Gasteiger partial charge on any atom is 0.338 e. The molecule has 38 heavy (non-hydrogen) atoms. The molecule has 3 rings (SSSR count). The normalized spacial score (nSPS) is 11.1. The van der Waals surface area contributed by atoms with Crippen LogP contribution in [0.1, 0.15) is 42.5 Å². The maximum atomic E-state index is 12.6. The maximum absolute atomic E-state index is 12.6. The summed E-state index contributed by atoms with van der Waals surface area (Å²) in [6.07, 6.45) is 2.76. The molecule has 0 unspecified atom stereocenters. The van der Waals surface area contributed by atoms with E-state index in [1.165, 1.54) is 36.0 Å². The molecule has 200 valence electrons. The third kappa shape index (κ3) is 8.34. The summed E-state index contributed by atoms with van der Waals surface area (Å²) in [4.78, 5) is 37.0. The standard InChI is InChI=1S/C26H27Cl2N5O4S/c1-4-33-22(14-29-23(34)12-10-17-7-5-6-8-19(17)27)31-32-26(33)38-15-24(35)30-21-13-18(9-11-20(21)28)25(36)37-16(2)3/h5-13,16H,4,14-15H2,1-3H3,(H,29,34)(H,30,35). The second-order valence-electron chi connectivity index (χ2n) is 8.20. The molecule has 0 saturated heterocycles. The lowest BCUT2D eigenvalue weighted by Crippen LogP contribution is -2.22. The SMILES string of the molecule is CCn1c(CNC(=O)C=Cc2ccccc2Cl)nnc1SCC(=O)Nc1cc(C(=O)OC(C)C)ccc1Cl. The lowest BCUT2D eigenvalue weighted by molar-refractivity contribution is -0.116. The highest BCUT2D eigenvalue weighted by atomic mass is 35.5. The number of hydrogen-bond acceptors (Lipinski definition) is 7. The van der Waals surface area contributed by atoms with Crippen LogP contribution in [0.4, 0.5) is 5.69 Å². The van der Waals surface area contributed by atoms with E-state index in [4.69, 9.17) is 27.9 Å². The van der Waals surface area contributed by atoms with E-state index in [1.807, 2.05) is 29.7 Å². The Morgan fingerprint density at radius 1 is 1.11 bits per heavy atom. The van der Waals surface area contributed by atoms with Crippen LogP contribution >= 0.6 is 35.0 Å². The molecule has 3 aromatic rings. The van der Waals surface area contributed by atoms with Crippen LogP contribution in [0, 0.1) is 0 Å². The summed E-state index contributed by atoms with van der Waals surface area (Å²) in [5.74, 6) is -0.565. The molecule has 1 heterocycles. The summed E-state index contributed by atoms with van der Waals surface area (Å²) in [7, 11) is 0. The van der Waals surface area contributed by atoms with Crippen LogP contribution in [0.15, 0.2) is 53.7 Å². The minimum Gasteiger partial charge on any atom is -0.459 e. The molecule has 0 atom stereocenters. The number of rotatable bonds is 11. The molecule has 2 aromatic carbocycles. The number of anilines is 1. The Labute approximate surface area is 234 Å². The van der Waals surface area contributed by atoms with Gasteiger partial charge in [0.25, 0.3) is 0 Å². The van der Waals surface area contributed by atoms with Crippen LogP contribution in [0.3, 0.4) is 0 Å². The Kier molecular flexibility index (Phi) is 10.8. The van der Waals surface area contributed by atoms with Gasteiger partial charge in [-0.3, -0.25) is 9.59 Å². The zero-order chi connectivity index (χ0) is 27.7. The first-order valence-corrected chi connectivity index (χ1v) is 13.5. The minimum atomic E-state index is -0.503. The molecule has 12 heteroatoms. The van der Waals surface area contributed by atoms with Crippen molar-refractivity contribution in [2.45, 2.75) is 45.1 Å². The van der Waals surface area contributed by atoms with Gasteiger partial charge in [0.05, 0.1) is 34.7 Å². The van der Waals surface area contributed by atoms with E-state index in [-0.39, 0.29) is 35.8 Å². The smallest absolute Gasteiger partial charge is 0.338 e. The summed E-state index contributed by atoms with van der Waals surface area (Å²) in [6, 6.07) is 11.7. The number of amides is 2. The van der Waals surface area contributed by atoms with Crippen LogP contribution in [0.25, 0.3) is 6.08 Å². The van der Waals surface area contributed by atoms with Gasteiger partial charge in [0.15, 0.2) is 11.0 Å². The fourth-order valence-electron chi connectivity index (χ4n) is 3.22. The monoisotopic (exact) mass is 575 g/mol. The van der Waals surface area contributed by atoms with Gasteiger partial charge in [-0.2, -0.15) is 0 Å². The lowest BCUT2D eigenvalue weighted by Gasteiger charge is -2.11. The van der Waals surface area contributed by atoms with Crippen molar-refractivity contribution in [2.24, 2.45) is 0 Å². The number of thioether (sulfide) groups is 1. The average Bonchev–Trinajstić information content (AvgIpc) is 3.28. The van der Waals surface area contributed by atoms with E-state index in [2.05, 4.69) is 20.8 Å². The number of esters is 1. The second-order valence-corrected chi connectivity index (χ2v) is 9.96. The van der Waals surface area contributed by atoms with Crippen molar-refractivity contribution in [3.8, 4) is 0 Å². The van der Waals surface area contributed by atoms with Gasteiger partial charge < -0.3 is 19.9 Å². The van der Waals surface area contributed by atoms with Crippen molar-refractivity contribution in [1.82, 2.24) is 20.1 Å². The predicted molar refractivity (Wildman–Crippen MR) is 149 cm³/mol. The molecule has 0 radical (unpaired) electrons. The summed E-state index contributed by atoms with van der Waals surface area (Å²) < 4.78 is 7.00. The Bertz CT molecular complexity index is 1340. The molecular weight excluding hydrogens is 549 g/mol. The molecule has 2 N–H and O–H groups in total. The number of hydrogen-bond donors (Lipinski definition) is 2. The number of ether oxygens (including phenoxy) is 1.